The van der Waals surface area contributed by atoms with E-state index >= 15 is 0 Å². The zero-order valence-corrected chi connectivity index (χ0v) is 14.2. The molecule has 0 aliphatic carbocycles. The van der Waals surface area contributed by atoms with Gasteiger partial charge >= 0.3 is 0 Å². The van der Waals surface area contributed by atoms with Crippen LogP contribution in [0.2, 0.25) is 0 Å². The molecule has 0 amide bonds. The molecule has 0 fully saturated rings. The van der Waals surface area contributed by atoms with E-state index in [9.17, 15) is 0 Å². The normalized spacial score (nSPS) is 12.8. The zero-order chi connectivity index (χ0) is 16.2. The lowest BCUT2D eigenvalue weighted by Gasteiger charge is -2.16. The van der Waals surface area contributed by atoms with E-state index in [0.29, 0.717) is 19.2 Å². The van der Waals surface area contributed by atoms with Crippen LogP contribution < -0.4 is 15.4 Å². The van der Waals surface area contributed by atoms with E-state index in [0.717, 1.165) is 36.7 Å². The average molecular weight is 307 g/mol. The molecular weight excluding hydrogens is 278 g/mol. The van der Waals surface area contributed by atoms with Gasteiger partial charge in [-0.25, -0.2) is 0 Å². The number of ether oxygens (including phenoxy) is 2. The Labute approximate surface area is 134 Å². The Morgan fingerprint density at radius 1 is 1.32 bits per heavy atom. The average Bonchev–Trinajstić information content (AvgIpc) is 2.55. The Bertz CT molecular complexity index is 449. The molecule has 5 nitrogen and oxygen atoms in total. The Balaban J connectivity index is 2.45. The van der Waals surface area contributed by atoms with Gasteiger partial charge in [-0.05, 0) is 31.0 Å². The standard InChI is InChI=1S/C17H29N3O2/c1-5-14(2)20-17(18-3)19-13-15-8-6-9-16(12-15)22-11-7-10-21-4/h6,8-9,12,14H,5,7,10-11,13H2,1-4H3,(H2,18,19,20). The van der Waals surface area contributed by atoms with Crippen LogP contribution in [-0.4, -0.2) is 39.4 Å². The van der Waals surface area contributed by atoms with Gasteiger partial charge < -0.3 is 20.1 Å². The molecule has 0 spiro atoms. The van der Waals surface area contributed by atoms with Crippen molar-refractivity contribution in [2.45, 2.75) is 39.3 Å². The van der Waals surface area contributed by atoms with Crippen LogP contribution in [0.5, 0.6) is 5.75 Å². The maximum Gasteiger partial charge on any atom is 0.191 e. The van der Waals surface area contributed by atoms with Gasteiger partial charge in [0.15, 0.2) is 5.96 Å². The summed E-state index contributed by atoms with van der Waals surface area (Å²) in [6.07, 6.45) is 1.95. The van der Waals surface area contributed by atoms with Crippen molar-refractivity contribution in [1.29, 1.82) is 0 Å². The van der Waals surface area contributed by atoms with Crippen LogP contribution >= 0.6 is 0 Å². The molecule has 1 aromatic carbocycles. The van der Waals surface area contributed by atoms with Gasteiger partial charge in [0.05, 0.1) is 6.61 Å². The molecular formula is C17H29N3O2. The first-order valence-electron chi connectivity index (χ1n) is 7.87. The highest BCUT2D eigenvalue weighted by molar-refractivity contribution is 5.79. The highest BCUT2D eigenvalue weighted by atomic mass is 16.5. The van der Waals surface area contributed by atoms with Crippen molar-refractivity contribution < 1.29 is 9.47 Å². The summed E-state index contributed by atoms with van der Waals surface area (Å²) in [5, 5.41) is 6.66. The molecule has 1 rings (SSSR count). The second-order valence-electron chi connectivity index (χ2n) is 5.22. The smallest absolute Gasteiger partial charge is 0.191 e. The number of rotatable bonds is 9. The summed E-state index contributed by atoms with van der Waals surface area (Å²) < 4.78 is 10.7. The van der Waals surface area contributed by atoms with Crippen LogP contribution in [0.3, 0.4) is 0 Å². The van der Waals surface area contributed by atoms with Gasteiger partial charge in [-0.15, -0.1) is 0 Å². The monoisotopic (exact) mass is 307 g/mol. The first kappa shape index (κ1) is 18.3. The van der Waals surface area contributed by atoms with Crippen molar-refractivity contribution in [3.05, 3.63) is 29.8 Å². The summed E-state index contributed by atoms with van der Waals surface area (Å²) >= 11 is 0. The fraction of sp³-hybridized carbons (Fsp3) is 0.588. The zero-order valence-electron chi connectivity index (χ0n) is 14.2. The fourth-order valence-corrected chi connectivity index (χ4v) is 1.85. The predicted octanol–water partition coefficient (Wildman–Crippen LogP) is 2.57. The number of hydrogen-bond donors (Lipinski definition) is 2. The third-order valence-electron chi connectivity index (χ3n) is 3.34. The van der Waals surface area contributed by atoms with Gasteiger partial charge in [-0.3, -0.25) is 4.99 Å². The van der Waals surface area contributed by atoms with E-state index in [-0.39, 0.29) is 0 Å². The van der Waals surface area contributed by atoms with E-state index in [2.05, 4.69) is 41.6 Å². The second kappa shape index (κ2) is 10.9. The van der Waals surface area contributed by atoms with Gasteiger partial charge in [-0.2, -0.15) is 0 Å². The molecule has 0 saturated carbocycles. The van der Waals surface area contributed by atoms with Crippen LogP contribution in [0.1, 0.15) is 32.3 Å². The summed E-state index contributed by atoms with van der Waals surface area (Å²) in [6.45, 7) is 6.39. The molecule has 0 bridgehead atoms. The van der Waals surface area contributed by atoms with E-state index in [1.54, 1.807) is 14.2 Å². The van der Waals surface area contributed by atoms with E-state index in [4.69, 9.17) is 9.47 Å². The lowest BCUT2D eigenvalue weighted by Crippen LogP contribution is -2.41. The predicted molar refractivity (Wildman–Crippen MR) is 91.5 cm³/mol. The maximum absolute atomic E-state index is 5.71. The number of methoxy groups -OCH3 is 1. The van der Waals surface area contributed by atoms with Gasteiger partial charge in [0, 0.05) is 39.8 Å². The van der Waals surface area contributed by atoms with Crippen LogP contribution in [-0.2, 0) is 11.3 Å². The largest absolute Gasteiger partial charge is 0.493 e. The highest BCUT2D eigenvalue weighted by Crippen LogP contribution is 2.13. The van der Waals surface area contributed by atoms with Crippen molar-refractivity contribution in [3.63, 3.8) is 0 Å². The van der Waals surface area contributed by atoms with Crippen molar-refractivity contribution >= 4 is 5.96 Å². The first-order valence-corrected chi connectivity index (χ1v) is 7.87. The first-order chi connectivity index (χ1) is 10.7. The topological polar surface area (TPSA) is 54.9 Å². The number of benzene rings is 1. The minimum atomic E-state index is 0.404. The molecule has 124 valence electrons. The summed E-state index contributed by atoms with van der Waals surface area (Å²) in [6, 6.07) is 8.51. The molecule has 0 aliphatic rings. The SMILES string of the molecule is CCC(C)NC(=NC)NCc1cccc(OCCCOC)c1. The minimum absolute atomic E-state index is 0.404. The summed E-state index contributed by atoms with van der Waals surface area (Å²) in [7, 11) is 3.49. The van der Waals surface area contributed by atoms with Gasteiger partial charge in [0.2, 0.25) is 0 Å². The molecule has 5 heteroatoms. The van der Waals surface area contributed by atoms with Crippen LogP contribution in [0, 0.1) is 0 Å². The summed E-state index contributed by atoms with van der Waals surface area (Å²) in [5.74, 6) is 1.71. The summed E-state index contributed by atoms with van der Waals surface area (Å²) in [4.78, 5) is 4.23. The second-order valence-corrected chi connectivity index (χ2v) is 5.22. The van der Waals surface area contributed by atoms with Crippen LogP contribution in [0.25, 0.3) is 0 Å². The molecule has 0 aliphatic heterocycles. The van der Waals surface area contributed by atoms with Crippen molar-refractivity contribution in [2.75, 3.05) is 27.4 Å². The fourth-order valence-electron chi connectivity index (χ4n) is 1.85. The van der Waals surface area contributed by atoms with Crippen molar-refractivity contribution in [1.82, 2.24) is 10.6 Å². The maximum atomic E-state index is 5.71. The molecule has 1 atom stereocenters. The minimum Gasteiger partial charge on any atom is -0.493 e. The number of guanidine groups is 1. The Morgan fingerprint density at radius 3 is 2.82 bits per heavy atom. The Hall–Kier alpha value is -1.75. The van der Waals surface area contributed by atoms with Crippen LogP contribution in [0.4, 0.5) is 0 Å². The lowest BCUT2D eigenvalue weighted by molar-refractivity contribution is 0.172. The number of nitrogens with one attached hydrogen (secondary N) is 2. The molecule has 1 aromatic rings. The molecule has 2 N–H and O–H groups in total. The molecule has 0 aromatic heterocycles. The van der Waals surface area contributed by atoms with E-state index in [1.165, 1.54) is 0 Å². The van der Waals surface area contributed by atoms with E-state index < -0.39 is 0 Å². The lowest BCUT2D eigenvalue weighted by atomic mass is 10.2. The third kappa shape index (κ3) is 7.31. The van der Waals surface area contributed by atoms with Gasteiger partial charge in [0.1, 0.15) is 5.75 Å². The number of nitrogens with zero attached hydrogens (tertiary/aromatic N) is 1. The highest BCUT2D eigenvalue weighted by Gasteiger charge is 2.03. The quantitative estimate of drug-likeness (QED) is 0.418. The Kier molecular flexibility index (Phi) is 9.07. The number of aliphatic imine (C=N–C) groups is 1. The number of hydrogen-bond acceptors (Lipinski definition) is 3. The van der Waals surface area contributed by atoms with Gasteiger partial charge in [0.25, 0.3) is 0 Å². The van der Waals surface area contributed by atoms with E-state index in [1.807, 2.05) is 12.1 Å². The molecule has 22 heavy (non-hydrogen) atoms. The molecule has 0 saturated heterocycles. The Morgan fingerprint density at radius 2 is 2.14 bits per heavy atom. The van der Waals surface area contributed by atoms with Crippen molar-refractivity contribution in [2.24, 2.45) is 4.99 Å². The third-order valence-corrected chi connectivity index (χ3v) is 3.34. The van der Waals surface area contributed by atoms with Crippen LogP contribution in [0.15, 0.2) is 29.3 Å². The van der Waals surface area contributed by atoms with Gasteiger partial charge in [-0.1, -0.05) is 19.1 Å². The van der Waals surface area contributed by atoms with Crippen molar-refractivity contribution in [3.8, 4) is 5.75 Å². The molecule has 0 radical (unpaired) electrons. The molecule has 0 heterocycles. The molecule has 1 unspecified atom stereocenters. The summed E-state index contributed by atoms with van der Waals surface area (Å²) in [5.41, 5.74) is 1.16.